The van der Waals surface area contributed by atoms with Gasteiger partial charge < -0.3 is 15.3 Å². The lowest BCUT2D eigenvalue weighted by Crippen LogP contribution is -2.11. The molecule has 0 radical (unpaired) electrons. The minimum Gasteiger partial charge on any atom is -0.507 e. The maximum absolute atomic E-state index is 11.5. The molecule has 1 atom stereocenters. The SMILES string of the molecule is O=C(CCCl)c1cc(C(O)C(=O)O)ccc1O. The maximum atomic E-state index is 11.5. The molecule has 0 saturated heterocycles. The molecule has 6 heteroatoms. The zero-order chi connectivity index (χ0) is 13.0. The molecular weight excluding hydrogens is 248 g/mol. The van der Waals surface area contributed by atoms with Crippen LogP contribution in [0.4, 0.5) is 0 Å². The van der Waals surface area contributed by atoms with Crippen molar-refractivity contribution in [3.05, 3.63) is 29.3 Å². The van der Waals surface area contributed by atoms with Crippen LogP contribution in [0.25, 0.3) is 0 Å². The molecule has 0 aliphatic rings. The third kappa shape index (κ3) is 3.18. The Balaban J connectivity index is 3.10. The zero-order valence-corrected chi connectivity index (χ0v) is 9.52. The average Bonchev–Trinajstić information content (AvgIpc) is 2.28. The number of hydrogen-bond acceptors (Lipinski definition) is 4. The number of aliphatic hydroxyl groups is 1. The van der Waals surface area contributed by atoms with E-state index in [4.69, 9.17) is 16.7 Å². The normalized spacial score (nSPS) is 12.1. The number of hydrogen-bond donors (Lipinski definition) is 3. The van der Waals surface area contributed by atoms with Crippen LogP contribution in [0.1, 0.15) is 28.4 Å². The summed E-state index contributed by atoms with van der Waals surface area (Å²) in [6.07, 6.45) is -1.69. The summed E-state index contributed by atoms with van der Waals surface area (Å²) in [4.78, 5) is 22.1. The standard InChI is InChI=1S/C11H11ClO5/c12-4-3-9(14)7-5-6(1-2-8(7)13)10(15)11(16)17/h1-2,5,10,13,15H,3-4H2,(H,16,17). The Hall–Kier alpha value is -1.59. The van der Waals surface area contributed by atoms with Gasteiger partial charge in [-0.1, -0.05) is 6.07 Å². The summed E-state index contributed by atoms with van der Waals surface area (Å²) in [7, 11) is 0. The second-order valence-corrected chi connectivity index (χ2v) is 3.76. The third-order valence-electron chi connectivity index (χ3n) is 2.19. The first-order chi connectivity index (χ1) is 7.97. The van der Waals surface area contributed by atoms with Crippen LogP contribution in [0, 0.1) is 0 Å². The van der Waals surface area contributed by atoms with Gasteiger partial charge in [0, 0.05) is 12.3 Å². The first-order valence-corrected chi connectivity index (χ1v) is 5.33. The number of Topliss-reactive ketones (excluding diaryl/α,β-unsaturated/α-hetero) is 1. The smallest absolute Gasteiger partial charge is 0.337 e. The molecule has 1 aromatic rings. The highest BCUT2D eigenvalue weighted by Gasteiger charge is 2.19. The Bertz CT molecular complexity index is 443. The molecule has 5 nitrogen and oxygen atoms in total. The third-order valence-corrected chi connectivity index (χ3v) is 2.38. The van der Waals surface area contributed by atoms with Gasteiger partial charge in [-0.15, -0.1) is 11.6 Å². The van der Waals surface area contributed by atoms with Crippen molar-refractivity contribution >= 4 is 23.4 Å². The van der Waals surface area contributed by atoms with Gasteiger partial charge in [0.25, 0.3) is 0 Å². The number of carboxylic acids is 1. The van der Waals surface area contributed by atoms with Gasteiger partial charge in [0.1, 0.15) is 5.75 Å². The lowest BCUT2D eigenvalue weighted by molar-refractivity contribution is -0.146. The molecule has 0 fully saturated rings. The van der Waals surface area contributed by atoms with Gasteiger partial charge in [0.15, 0.2) is 11.9 Å². The Morgan fingerprint density at radius 1 is 1.35 bits per heavy atom. The van der Waals surface area contributed by atoms with Crippen LogP contribution in [0.3, 0.4) is 0 Å². The van der Waals surface area contributed by atoms with Crippen molar-refractivity contribution < 1.29 is 24.9 Å². The van der Waals surface area contributed by atoms with Crippen LogP contribution in [0.5, 0.6) is 5.75 Å². The second kappa shape index (κ2) is 5.65. The summed E-state index contributed by atoms with van der Waals surface area (Å²) in [5.74, 6) is -1.99. The second-order valence-electron chi connectivity index (χ2n) is 3.38. The molecule has 1 unspecified atom stereocenters. The predicted molar refractivity (Wildman–Crippen MR) is 60.4 cm³/mol. The Morgan fingerprint density at radius 2 is 2.00 bits per heavy atom. The maximum Gasteiger partial charge on any atom is 0.337 e. The Morgan fingerprint density at radius 3 is 2.53 bits per heavy atom. The van der Waals surface area contributed by atoms with Crippen LogP contribution in [0.2, 0.25) is 0 Å². The fourth-order valence-electron chi connectivity index (χ4n) is 1.31. The number of phenolic OH excluding ortho intramolecular Hbond substituents is 1. The Labute approximate surface area is 102 Å². The number of ketones is 1. The van der Waals surface area contributed by atoms with E-state index in [-0.39, 0.29) is 29.2 Å². The van der Waals surface area contributed by atoms with Gasteiger partial charge in [0.2, 0.25) is 0 Å². The number of aliphatic carboxylic acids is 1. The molecule has 0 spiro atoms. The van der Waals surface area contributed by atoms with Crippen molar-refractivity contribution in [1.29, 1.82) is 0 Å². The minimum absolute atomic E-state index is 0.0295. The number of alkyl halides is 1. The first-order valence-electron chi connectivity index (χ1n) is 4.80. The molecule has 1 aromatic carbocycles. The van der Waals surface area contributed by atoms with Crippen LogP contribution in [-0.2, 0) is 4.79 Å². The fraction of sp³-hybridized carbons (Fsp3) is 0.273. The number of carboxylic acid groups (broad SMARTS) is 1. The van der Waals surface area contributed by atoms with Crippen LogP contribution in [0.15, 0.2) is 18.2 Å². The van der Waals surface area contributed by atoms with Crippen LogP contribution < -0.4 is 0 Å². The minimum atomic E-state index is -1.72. The Kier molecular flexibility index (Phi) is 4.48. The summed E-state index contributed by atoms with van der Waals surface area (Å²) >= 11 is 5.41. The van der Waals surface area contributed by atoms with Crippen LogP contribution >= 0.6 is 11.6 Å². The molecular formula is C11H11ClO5. The molecule has 0 aliphatic heterocycles. The molecule has 3 N–H and O–H groups in total. The van der Waals surface area contributed by atoms with E-state index in [1.165, 1.54) is 12.1 Å². The number of aromatic hydroxyl groups is 1. The van der Waals surface area contributed by atoms with Crippen molar-refractivity contribution in [2.45, 2.75) is 12.5 Å². The molecule has 0 aromatic heterocycles. The number of benzene rings is 1. The first kappa shape index (κ1) is 13.5. The average molecular weight is 259 g/mol. The lowest BCUT2D eigenvalue weighted by atomic mass is 10.0. The molecule has 1 rings (SSSR count). The van der Waals surface area contributed by atoms with E-state index in [2.05, 4.69) is 0 Å². The number of carbonyl (C=O) groups excluding carboxylic acids is 1. The fourth-order valence-corrected chi connectivity index (χ4v) is 1.48. The number of rotatable bonds is 5. The van der Waals surface area contributed by atoms with E-state index < -0.39 is 17.9 Å². The van der Waals surface area contributed by atoms with Crippen molar-refractivity contribution in [3.8, 4) is 5.75 Å². The number of phenols is 1. The molecule has 0 amide bonds. The molecule has 0 heterocycles. The quantitative estimate of drug-likeness (QED) is 0.547. The van der Waals surface area contributed by atoms with Crippen molar-refractivity contribution in [2.75, 3.05) is 5.88 Å². The molecule has 0 aliphatic carbocycles. The van der Waals surface area contributed by atoms with E-state index in [0.717, 1.165) is 6.07 Å². The van der Waals surface area contributed by atoms with E-state index in [9.17, 15) is 19.8 Å². The van der Waals surface area contributed by atoms with Gasteiger partial charge in [-0.25, -0.2) is 4.79 Å². The number of aliphatic hydroxyl groups excluding tert-OH is 1. The van der Waals surface area contributed by atoms with Gasteiger partial charge >= 0.3 is 5.97 Å². The number of halogens is 1. The largest absolute Gasteiger partial charge is 0.507 e. The van der Waals surface area contributed by atoms with Crippen molar-refractivity contribution in [1.82, 2.24) is 0 Å². The highest BCUT2D eigenvalue weighted by atomic mass is 35.5. The number of carbonyl (C=O) groups is 2. The molecule has 92 valence electrons. The predicted octanol–water partition coefficient (Wildman–Crippen LogP) is 1.32. The van der Waals surface area contributed by atoms with Gasteiger partial charge in [-0.3, -0.25) is 4.79 Å². The van der Waals surface area contributed by atoms with Gasteiger partial charge in [0.05, 0.1) is 5.56 Å². The highest BCUT2D eigenvalue weighted by Crippen LogP contribution is 2.24. The summed E-state index contributed by atoms with van der Waals surface area (Å²) in [6, 6.07) is 3.57. The monoisotopic (exact) mass is 258 g/mol. The summed E-state index contributed by atoms with van der Waals surface area (Å²) in [5.41, 5.74) is -0.00308. The molecule has 0 bridgehead atoms. The zero-order valence-electron chi connectivity index (χ0n) is 8.76. The van der Waals surface area contributed by atoms with E-state index in [0.29, 0.717) is 0 Å². The summed E-state index contributed by atoms with van der Waals surface area (Å²) < 4.78 is 0. The van der Waals surface area contributed by atoms with E-state index in [1.807, 2.05) is 0 Å². The van der Waals surface area contributed by atoms with Crippen molar-refractivity contribution in [3.63, 3.8) is 0 Å². The van der Waals surface area contributed by atoms with Crippen LogP contribution in [-0.4, -0.2) is 33.0 Å². The topological polar surface area (TPSA) is 94.8 Å². The lowest BCUT2D eigenvalue weighted by Gasteiger charge is -2.09. The van der Waals surface area contributed by atoms with Gasteiger partial charge in [-0.05, 0) is 17.7 Å². The summed E-state index contributed by atoms with van der Waals surface area (Å²) in [5, 5.41) is 27.4. The van der Waals surface area contributed by atoms with Gasteiger partial charge in [-0.2, -0.15) is 0 Å². The summed E-state index contributed by atoms with van der Waals surface area (Å²) in [6.45, 7) is 0. The van der Waals surface area contributed by atoms with E-state index in [1.54, 1.807) is 0 Å². The van der Waals surface area contributed by atoms with E-state index >= 15 is 0 Å². The van der Waals surface area contributed by atoms with Crippen molar-refractivity contribution in [2.24, 2.45) is 0 Å². The highest BCUT2D eigenvalue weighted by molar-refractivity contribution is 6.19. The molecule has 17 heavy (non-hydrogen) atoms. The molecule has 0 saturated carbocycles.